The van der Waals surface area contributed by atoms with Gasteiger partial charge in [-0.25, -0.2) is 0 Å². The number of carbonyl (C=O) groups is 2. The van der Waals surface area contributed by atoms with Gasteiger partial charge in [-0.1, -0.05) is 33.6 Å². The molecule has 0 N–H and O–H groups in total. The predicted molar refractivity (Wildman–Crippen MR) is 151 cm³/mol. The van der Waals surface area contributed by atoms with Crippen molar-refractivity contribution in [3.8, 4) is 0 Å². The van der Waals surface area contributed by atoms with Gasteiger partial charge in [-0.05, 0) is 107 Å². The van der Waals surface area contributed by atoms with Crippen LogP contribution in [0.2, 0.25) is 0 Å². The van der Waals surface area contributed by atoms with E-state index in [2.05, 4.69) is 20.8 Å². The summed E-state index contributed by atoms with van der Waals surface area (Å²) in [7, 11) is 1.85. The Balaban J connectivity index is 1.30. The van der Waals surface area contributed by atoms with Crippen molar-refractivity contribution >= 4 is 11.8 Å². The van der Waals surface area contributed by atoms with Gasteiger partial charge in [-0.3, -0.25) is 9.59 Å². The van der Waals surface area contributed by atoms with Crippen LogP contribution in [0.1, 0.15) is 124 Å². The van der Waals surface area contributed by atoms with Gasteiger partial charge in [0.25, 0.3) is 0 Å². The van der Waals surface area contributed by atoms with E-state index < -0.39 is 0 Å². The summed E-state index contributed by atoms with van der Waals surface area (Å²) in [5.41, 5.74) is 0.271. The van der Waals surface area contributed by atoms with E-state index >= 15 is 0 Å². The van der Waals surface area contributed by atoms with E-state index in [0.29, 0.717) is 30.3 Å². The molecule has 5 nitrogen and oxygen atoms in total. The van der Waals surface area contributed by atoms with Gasteiger partial charge in [0, 0.05) is 31.8 Å². The molecule has 38 heavy (non-hydrogen) atoms. The number of ketones is 1. The lowest BCUT2D eigenvalue weighted by molar-refractivity contribution is -0.150. The lowest BCUT2D eigenvalue weighted by atomic mass is 9.59. The largest absolute Gasteiger partial charge is 0.465 e. The Labute approximate surface area is 232 Å². The van der Waals surface area contributed by atoms with E-state index in [1.165, 1.54) is 51.9 Å². The summed E-state index contributed by atoms with van der Waals surface area (Å²) in [5, 5.41) is 0. The third-order valence-electron chi connectivity index (χ3n) is 11.4. The summed E-state index contributed by atoms with van der Waals surface area (Å²) >= 11 is 0. The van der Waals surface area contributed by atoms with E-state index in [0.717, 1.165) is 63.2 Å². The van der Waals surface area contributed by atoms with Crippen molar-refractivity contribution in [2.45, 2.75) is 142 Å². The average Bonchev–Trinajstić information content (AvgIpc) is 2.93. The lowest BCUT2D eigenvalue weighted by Crippen LogP contribution is -2.44. The monoisotopic (exact) mass is 532 g/mol. The van der Waals surface area contributed by atoms with Crippen LogP contribution >= 0.6 is 0 Å². The number of hydrogen-bond acceptors (Lipinski definition) is 5. The van der Waals surface area contributed by atoms with E-state index in [-0.39, 0.29) is 35.4 Å². The molecule has 0 aromatic heterocycles. The number of ether oxygens (including phenoxy) is 3. The molecule has 4 aliphatic rings. The van der Waals surface area contributed by atoms with Crippen LogP contribution in [-0.4, -0.2) is 43.8 Å². The van der Waals surface area contributed by atoms with Gasteiger partial charge in [0.05, 0.1) is 24.9 Å². The van der Waals surface area contributed by atoms with Crippen molar-refractivity contribution in [2.24, 2.45) is 40.9 Å². The molecule has 0 spiro atoms. The number of carbonyl (C=O) groups excluding carboxylic acids is 2. The summed E-state index contributed by atoms with van der Waals surface area (Å²) in [6.07, 6.45) is 17.6. The predicted octanol–water partition coefficient (Wildman–Crippen LogP) is 7.54. The molecule has 5 heteroatoms. The van der Waals surface area contributed by atoms with Gasteiger partial charge in [0.1, 0.15) is 5.78 Å². The van der Waals surface area contributed by atoms with Crippen LogP contribution in [-0.2, 0) is 23.8 Å². The maximum Gasteiger partial charge on any atom is 0.302 e. The fourth-order valence-corrected chi connectivity index (χ4v) is 8.48. The molecule has 218 valence electrons. The number of rotatable bonds is 9. The molecule has 4 fully saturated rings. The normalized spacial score (nSPS) is 38.9. The highest BCUT2D eigenvalue weighted by Gasteiger charge is 2.44. The Bertz CT molecular complexity index is 753. The van der Waals surface area contributed by atoms with Crippen LogP contribution in [0.15, 0.2) is 0 Å². The van der Waals surface area contributed by atoms with E-state index in [1.807, 2.05) is 7.11 Å². The summed E-state index contributed by atoms with van der Waals surface area (Å²) in [6, 6.07) is 0. The molecular weight excluding hydrogens is 476 g/mol. The Hall–Kier alpha value is -0.940. The van der Waals surface area contributed by atoms with Crippen LogP contribution in [0.25, 0.3) is 0 Å². The third kappa shape index (κ3) is 7.62. The number of methoxy groups -OCH3 is 1. The maximum atomic E-state index is 13.2. The lowest BCUT2D eigenvalue weighted by Gasteiger charge is -2.49. The zero-order valence-corrected chi connectivity index (χ0v) is 25.1. The van der Waals surface area contributed by atoms with Crippen LogP contribution in [0, 0.1) is 40.9 Å². The number of esters is 1. The van der Waals surface area contributed by atoms with Gasteiger partial charge < -0.3 is 14.2 Å². The molecule has 0 bridgehead atoms. The van der Waals surface area contributed by atoms with Crippen molar-refractivity contribution in [3.05, 3.63) is 0 Å². The van der Waals surface area contributed by atoms with Crippen LogP contribution < -0.4 is 0 Å². The summed E-state index contributed by atoms with van der Waals surface area (Å²) in [5.74, 6) is 3.30. The van der Waals surface area contributed by atoms with Crippen molar-refractivity contribution in [3.63, 3.8) is 0 Å². The highest BCUT2D eigenvalue weighted by molar-refractivity contribution is 5.83. The van der Waals surface area contributed by atoms with E-state index in [1.54, 1.807) is 0 Å². The maximum absolute atomic E-state index is 13.2. The second-order valence-electron chi connectivity index (χ2n) is 14.1. The van der Waals surface area contributed by atoms with Gasteiger partial charge in [0.15, 0.2) is 0 Å². The molecule has 3 unspecified atom stereocenters. The Kier molecular flexibility index (Phi) is 10.8. The molecule has 4 rings (SSSR count). The fourth-order valence-electron chi connectivity index (χ4n) is 8.48. The average molecular weight is 533 g/mol. The summed E-state index contributed by atoms with van der Waals surface area (Å²) < 4.78 is 18.0. The minimum Gasteiger partial charge on any atom is -0.465 e. The topological polar surface area (TPSA) is 61.8 Å². The van der Waals surface area contributed by atoms with E-state index in [9.17, 15) is 9.59 Å². The molecule has 0 heterocycles. The Morgan fingerprint density at radius 3 is 1.87 bits per heavy atom. The van der Waals surface area contributed by atoms with Gasteiger partial charge in [0.2, 0.25) is 0 Å². The number of hydrogen-bond donors (Lipinski definition) is 0. The third-order valence-corrected chi connectivity index (χ3v) is 11.4. The summed E-state index contributed by atoms with van der Waals surface area (Å²) in [6.45, 7) is 9.26. The standard InChI is InChI=1S/C33H56O5/c1-22-6-8-24(9-7-22)32(35)25-10-15-30(16-11-25)38-31-19-14-28(20-26(31)21-37-23(2)34)33(3,4)27-12-17-29(36-5)18-13-27/h22,24-31H,6-21H2,1-5H3. The molecule has 4 aliphatic carbocycles. The highest BCUT2D eigenvalue weighted by atomic mass is 16.5. The first-order chi connectivity index (χ1) is 18.2. The first kappa shape index (κ1) is 30.0. The Morgan fingerprint density at radius 2 is 1.29 bits per heavy atom. The first-order valence-electron chi connectivity index (χ1n) is 16.0. The molecule has 0 aliphatic heterocycles. The zero-order valence-electron chi connectivity index (χ0n) is 25.1. The number of Topliss-reactive ketones (excluding diaryl/α,β-unsaturated/α-hetero) is 1. The van der Waals surface area contributed by atoms with Gasteiger partial charge in [-0.15, -0.1) is 0 Å². The molecule has 0 aromatic rings. The van der Waals surface area contributed by atoms with Crippen LogP contribution in [0.4, 0.5) is 0 Å². The molecule has 0 saturated heterocycles. The van der Waals surface area contributed by atoms with Gasteiger partial charge in [-0.2, -0.15) is 0 Å². The minimum absolute atomic E-state index is 0.155. The molecule has 3 atom stereocenters. The minimum atomic E-state index is -0.195. The smallest absolute Gasteiger partial charge is 0.302 e. The summed E-state index contributed by atoms with van der Waals surface area (Å²) in [4.78, 5) is 24.9. The van der Waals surface area contributed by atoms with Crippen molar-refractivity contribution in [1.29, 1.82) is 0 Å². The van der Waals surface area contributed by atoms with Crippen LogP contribution in [0.5, 0.6) is 0 Å². The SMILES string of the molecule is COC1CCC(C(C)(C)C2CCC(OC3CCC(C(=O)C4CCC(C)CC4)CC3)C(COC(C)=O)C2)CC1. The zero-order chi connectivity index (χ0) is 27.3. The molecule has 0 amide bonds. The van der Waals surface area contributed by atoms with Crippen molar-refractivity contribution < 1.29 is 23.8 Å². The van der Waals surface area contributed by atoms with Crippen molar-refractivity contribution in [1.82, 2.24) is 0 Å². The second-order valence-corrected chi connectivity index (χ2v) is 14.1. The molecular formula is C33H56O5. The fraction of sp³-hybridized carbons (Fsp3) is 0.939. The highest BCUT2D eigenvalue weighted by Crippen LogP contribution is 2.50. The molecule has 0 aromatic carbocycles. The quantitative estimate of drug-likeness (QED) is 0.287. The van der Waals surface area contributed by atoms with Crippen molar-refractivity contribution in [2.75, 3.05) is 13.7 Å². The Morgan fingerprint density at radius 1 is 0.737 bits per heavy atom. The van der Waals surface area contributed by atoms with Gasteiger partial charge >= 0.3 is 5.97 Å². The van der Waals surface area contributed by atoms with E-state index in [4.69, 9.17) is 14.2 Å². The first-order valence-corrected chi connectivity index (χ1v) is 16.0. The van der Waals surface area contributed by atoms with Crippen LogP contribution in [0.3, 0.4) is 0 Å². The molecule has 4 saturated carbocycles. The second kappa shape index (κ2) is 13.6. The molecule has 0 radical (unpaired) electrons.